The maximum absolute atomic E-state index is 11.8. The number of amides is 1. The minimum Gasteiger partial charge on any atom is -0.399 e. The lowest BCUT2D eigenvalue weighted by molar-refractivity contribution is 0.0420. The van der Waals surface area contributed by atoms with Crippen molar-refractivity contribution in [2.75, 3.05) is 12.3 Å². The summed E-state index contributed by atoms with van der Waals surface area (Å²) in [7, 11) is 0. The highest BCUT2D eigenvalue weighted by Gasteiger charge is 2.27. The summed E-state index contributed by atoms with van der Waals surface area (Å²) in [6.45, 7) is 0.626. The third kappa shape index (κ3) is 3.32. The molecule has 2 rings (SSSR count). The van der Waals surface area contributed by atoms with Crippen LogP contribution < -0.4 is 11.1 Å². The van der Waals surface area contributed by atoms with Gasteiger partial charge in [0.15, 0.2) is 0 Å². The van der Waals surface area contributed by atoms with Crippen LogP contribution in [-0.4, -0.2) is 23.7 Å². The number of benzene rings is 1. The van der Waals surface area contributed by atoms with Crippen LogP contribution in [0.1, 0.15) is 23.2 Å². The molecule has 5 heteroatoms. The monoisotopic (exact) mass is 346 g/mol. The zero-order valence-corrected chi connectivity index (χ0v) is 11.5. The fraction of sp³-hybridized carbons (Fsp3) is 0.417. The van der Waals surface area contributed by atoms with Crippen LogP contribution in [0.5, 0.6) is 0 Å². The van der Waals surface area contributed by atoms with Gasteiger partial charge in [-0.1, -0.05) is 0 Å². The van der Waals surface area contributed by atoms with E-state index in [9.17, 15) is 4.79 Å². The van der Waals surface area contributed by atoms with Crippen LogP contribution in [0.25, 0.3) is 0 Å². The lowest BCUT2D eigenvalue weighted by atomic mass is 9.82. The molecule has 0 aromatic heterocycles. The van der Waals surface area contributed by atoms with Crippen molar-refractivity contribution in [3.8, 4) is 0 Å². The second-order valence-electron chi connectivity index (χ2n) is 4.47. The number of carbonyl (C=O) groups is 1. The molecule has 0 bridgehead atoms. The van der Waals surface area contributed by atoms with Gasteiger partial charge in [-0.05, 0) is 59.5 Å². The summed E-state index contributed by atoms with van der Waals surface area (Å²) in [5.74, 6) is 0.311. The van der Waals surface area contributed by atoms with Crippen molar-refractivity contribution in [1.82, 2.24) is 5.32 Å². The molecule has 0 radical (unpaired) electrons. The first-order valence-electron chi connectivity index (χ1n) is 5.57. The molecule has 1 amide bonds. The zero-order chi connectivity index (χ0) is 12.4. The third-order valence-corrected chi connectivity index (χ3v) is 3.57. The SMILES string of the molecule is Nc1cc(I)cc(C(=O)NCC2CC(O)C2)c1. The van der Waals surface area contributed by atoms with Gasteiger partial charge in [-0.25, -0.2) is 0 Å². The van der Waals surface area contributed by atoms with E-state index in [4.69, 9.17) is 10.8 Å². The van der Waals surface area contributed by atoms with E-state index in [1.165, 1.54) is 0 Å². The van der Waals surface area contributed by atoms with Crippen molar-refractivity contribution in [3.05, 3.63) is 27.3 Å². The quantitative estimate of drug-likeness (QED) is 0.572. The molecule has 1 fully saturated rings. The molecule has 0 unspecified atom stereocenters. The van der Waals surface area contributed by atoms with Gasteiger partial charge in [0, 0.05) is 21.4 Å². The van der Waals surface area contributed by atoms with Gasteiger partial charge in [-0.15, -0.1) is 0 Å². The predicted molar refractivity (Wildman–Crippen MR) is 74.6 cm³/mol. The van der Waals surface area contributed by atoms with Crippen LogP contribution in [0.3, 0.4) is 0 Å². The largest absolute Gasteiger partial charge is 0.399 e. The minimum atomic E-state index is -0.176. The third-order valence-electron chi connectivity index (χ3n) is 2.94. The molecule has 0 atom stereocenters. The van der Waals surface area contributed by atoms with E-state index in [2.05, 4.69) is 27.9 Å². The van der Waals surface area contributed by atoms with E-state index in [-0.39, 0.29) is 12.0 Å². The topological polar surface area (TPSA) is 75.4 Å². The van der Waals surface area contributed by atoms with Crippen molar-refractivity contribution >= 4 is 34.2 Å². The maximum atomic E-state index is 11.8. The van der Waals surface area contributed by atoms with Gasteiger partial charge in [0.1, 0.15) is 0 Å². The van der Waals surface area contributed by atoms with Gasteiger partial charge < -0.3 is 16.2 Å². The number of hydrogen-bond donors (Lipinski definition) is 3. The molecule has 1 aliphatic rings. The van der Waals surface area contributed by atoms with E-state index >= 15 is 0 Å². The Morgan fingerprint density at radius 1 is 1.47 bits per heavy atom. The average Bonchev–Trinajstić information content (AvgIpc) is 2.21. The smallest absolute Gasteiger partial charge is 0.251 e. The van der Waals surface area contributed by atoms with Crippen LogP contribution in [0.4, 0.5) is 5.69 Å². The summed E-state index contributed by atoms with van der Waals surface area (Å²) in [5, 5.41) is 12.0. The molecule has 0 heterocycles. The lowest BCUT2D eigenvalue weighted by Gasteiger charge is -2.31. The normalized spacial score (nSPS) is 22.9. The summed E-state index contributed by atoms with van der Waals surface area (Å²) >= 11 is 2.13. The molecular formula is C12H15IN2O2. The highest BCUT2D eigenvalue weighted by molar-refractivity contribution is 14.1. The number of rotatable bonds is 3. The molecule has 1 aromatic carbocycles. The fourth-order valence-corrected chi connectivity index (χ4v) is 2.64. The van der Waals surface area contributed by atoms with Crippen LogP contribution in [0.2, 0.25) is 0 Å². The van der Waals surface area contributed by atoms with E-state index in [0.717, 1.165) is 16.4 Å². The highest BCUT2D eigenvalue weighted by Crippen LogP contribution is 2.26. The van der Waals surface area contributed by atoms with Crippen LogP contribution in [0, 0.1) is 9.49 Å². The Kier molecular flexibility index (Phi) is 3.88. The van der Waals surface area contributed by atoms with Crippen molar-refractivity contribution in [2.24, 2.45) is 5.92 Å². The van der Waals surface area contributed by atoms with Gasteiger partial charge in [-0.2, -0.15) is 0 Å². The Morgan fingerprint density at radius 2 is 2.18 bits per heavy atom. The number of aliphatic hydroxyl groups excluding tert-OH is 1. The molecule has 92 valence electrons. The van der Waals surface area contributed by atoms with E-state index in [0.29, 0.717) is 23.7 Å². The first-order valence-corrected chi connectivity index (χ1v) is 6.65. The molecule has 17 heavy (non-hydrogen) atoms. The van der Waals surface area contributed by atoms with Crippen molar-refractivity contribution in [1.29, 1.82) is 0 Å². The number of carbonyl (C=O) groups excluding carboxylic acids is 1. The number of nitrogen functional groups attached to an aromatic ring is 1. The number of aliphatic hydroxyl groups is 1. The first-order chi connectivity index (χ1) is 8.04. The summed E-state index contributed by atoms with van der Waals surface area (Å²) in [4.78, 5) is 11.8. The number of nitrogens with one attached hydrogen (secondary N) is 1. The molecule has 1 saturated carbocycles. The number of halogens is 1. The van der Waals surface area contributed by atoms with Gasteiger partial charge in [-0.3, -0.25) is 4.79 Å². The molecular weight excluding hydrogens is 331 g/mol. The molecule has 1 aromatic rings. The molecule has 4 N–H and O–H groups in total. The Labute approximate surface area is 114 Å². The Hall–Kier alpha value is -0.820. The standard InChI is InChI=1S/C12H15IN2O2/c13-9-3-8(4-10(14)5-9)12(17)15-6-7-1-11(16)2-7/h3-5,7,11,16H,1-2,6,14H2,(H,15,17). The predicted octanol–water partition coefficient (Wildman–Crippen LogP) is 1.37. The highest BCUT2D eigenvalue weighted by atomic mass is 127. The van der Waals surface area contributed by atoms with Crippen LogP contribution in [-0.2, 0) is 0 Å². The van der Waals surface area contributed by atoms with E-state index < -0.39 is 0 Å². The molecule has 0 spiro atoms. The number of anilines is 1. The fourth-order valence-electron chi connectivity index (χ4n) is 1.95. The van der Waals surface area contributed by atoms with Gasteiger partial charge in [0.05, 0.1) is 6.10 Å². The molecule has 0 saturated heterocycles. The van der Waals surface area contributed by atoms with E-state index in [1.807, 2.05) is 12.1 Å². The molecule has 4 nitrogen and oxygen atoms in total. The average molecular weight is 346 g/mol. The summed E-state index contributed by atoms with van der Waals surface area (Å²) < 4.78 is 0.951. The number of hydrogen-bond acceptors (Lipinski definition) is 3. The van der Waals surface area contributed by atoms with Crippen LogP contribution >= 0.6 is 22.6 Å². The molecule has 0 aliphatic heterocycles. The van der Waals surface area contributed by atoms with Gasteiger partial charge in [0.25, 0.3) is 5.91 Å². The molecule has 1 aliphatic carbocycles. The summed E-state index contributed by atoms with van der Waals surface area (Å²) in [5.41, 5.74) is 6.88. The van der Waals surface area contributed by atoms with Gasteiger partial charge >= 0.3 is 0 Å². The van der Waals surface area contributed by atoms with Crippen molar-refractivity contribution < 1.29 is 9.90 Å². The zero-order valence-electron chi connectivity index (χ0n) is 9.32. The maximum Gasteiger partial charge on any atom is 0.251 e. The van der Waals surface area contributed by atoms with Crippen molar-refractivity contribution in [3.63, 3.8) is 0 Å². The first kappa shape index (κ1) is 12.6. The van der Waals surface area contributed by atoms with Crippen molar-refractivity contribution in [2.45, 2.75) is 18.9 Å². The Balaban J connectivity index is 1.90. The second kappa shape index (κ2) is 5.22. The Bertz CT molecular complexity index is 410. The number of nitrogens with two attached hydrogens (primary N) is 1. The minimum absolute atomic E-state index is 0.100. The summed E-state index contributed by atoms with van der Waals surface area (Å²) in [6.07, 6.45) is 1.40. The van der Waals surface area contributed by atoms with E-state index in [1.54, 1.807) is 6.07 Å². The van der Waals surface area contributed by atoms with Gasteiger partial charge in [0.2, 0.25) is 0 Å². The second-order valence-corrected chi connectivity index (χ2v) is 5.72. The van der Waals surface area contributed by atoms with Crippen LogP contribution in [0.15, 0.2) is 18.2 Å². The lowest BCUT2D eigenvalue weighted by Crippen LogP contribution is -2.38. The summed E-state index contributed by atoms with van der Waals surface area (Å²) in [6, 6.07) is 5.30. The Morgan fingerprint density at radius 3 is 2.76 bits per heavy atom.